The van der Waals surface area contributed by atoms with Crippen LogP contribution in [-0.2, 0) is 16.4 Å². The predicted molar refractivity (Wildman–Crippen MR) is 22.6 cm³/mol. The smallest absolute Gasteiger partial charge is 2.00 e. The van der Waals surface area contributed by atoms with Gasteiger partial charge in [0.25, 0.3) is 0 Å². The summed E-state index contributed by atoms with van der Waals surface area (Å²) in [7, 11) is -3.67. The van der Waals surface area contributed by atoms with E-state index in [1.165, 1.54) is 0 Å². The van der Waals surface area contributed by atoms with E-state index in [0.29, 0.717) is 0 Å². The molecular weight excluding hydrogens is 170 g/mol. The van der Waals surface area contributed by atoms with Gasteiger partial charge in [-0.2, -0.15) is 0 Å². The Balaban J connectivity index is -0.00000000450. The first-order chi connectivity index (χ1) is 1.73. The number of hydrogen-bond acceptors (Lipinski definition) is 0. The zero-order valence-corrected chi connectivity index (χ0v) is 6.40. The average molecular weight is 170 g/mol. The van der Waals surface area contributed by atoms with E-state index in [9.17, 15) is 12.9 Å². The molecule has 0 aliphatic rings. The molecule has 0 amide bonds. The minimum absolute atomic E-state index is 0. The second-order valence-electron chi connectivity index (χ2n) is 0.247. The molecule has 0 heterocycles. The molecule has 0 aromatic carbocycles. The SMILES string of the molecule is FB(F)F.[Al+3].[Al+3].[O-2].[O-2].[O-2]. The summed E-state index contributed by atoms with van der Waals surface area (Å²) < 4.78 is 29.0. The Labute approximate surface area is 72.0 Å². The molecule has 0 aliphatic heterocycles. The molecule has 0 saturated carbocycles. The first-order valence-corrected chi connectivity index (χ1v) is 0.655. The molecule has 48 valence electrons. The molecule has 0 aliphatic carbocycles. The van der Waals surface area contributed by atoms with Gasteiger partial charge in [-0.05, 0) is 0 Å². The van der Waals surface area contributed by atoms with Gasteiger partial charge < -0.3 is 16.4 Å². The van der Waals surface area contributed by atoms with Crippen LogP contribution in [0.2, 0.25) is 0 Å². The summed E-state index contributed by atoms with van der Waals surface area (Å²) in [5.41, 5.74) is 0. The van der Waals surface area contributed by atoms with E-state index in [0.717, 1.165) is 0 Å². The summed E-state index contributed by atoms with van der Waals surface area (Å²) in [5, 5.41) is 0. The van der Waals surface area contributed by atoms with Gasteiger partial charge in [0.15, 0.2) is 0 Å². The van der Waals surface area contributed by atoms with Crippen LogP contribution in [0.1, 0.15) is 0 Å². The number of hydrogen-bond donors (Lipinski definition) is 0. The molecule has 3 nitrogen and oxygen atoms in total. The Bertz CT molecular complexity index is 21.8. The normalized spacial score (nSPS) is 3.00. The van der Waals surface area contributed by atoms with Crippen LogP contribution in [0.15, 0.2) is 0 Å². The Morgan fingerprint density at radius 1 is 0.667 bits per heavy atom. The third kappa shape index (κ3) is 636. The van der Waals surface area contributed by atoms with E-state index in [2.05, 4.69) is 0 Å². The minimum atomic E-state index is -3.67. The maximum atomic E-state index is 9.67. The molecule has 0 atom stereocenters. The van der Waals surface area contributed by atoms with Crippen LogP contribution in [0.25, 0.3) is 0 Å². The average Bonchev–Trinajstić information content (AvgIpc) is 0.811. The summed E-state index contributed by atoms with van der Waals surface area (Å²) in [4.78, 5) is 0. The largest absolute Gasteiger partial charge is 3.00 e. The fourth-order valence-corrected chi connectivity index (χ4v) is 0. The molecule has 0 rings (SSSR count). The van der Waals surface area contributed by atoms with Gasteiger partial charge in [-0.25, -0.2) is 0 Å². The van der Waals surface area contributed by atoms with Crippen molar-refractivity contribution >= 4 is 42.3 Å². The Morgan fingerprint density at radius 2 is 0.667 bits per heavy atom. The van der Waals surface area contributed by atoms with E-state index in [1.54, 1.807) is 0 Å². The zero-order chi connectivity index (χ0) is 3.58. The van der Waals surface area contributed by atoms with Crippen molar-refractivity contribution in [1.82, 2.24) is 0 Å². The Kier molecular flexibility index (Phi) is 217. The second kappa shape index (κ2) is 37.1. The molecule has 0 unspecified atom stereocenters. The number of rotatable bonds is 0. The zero-order valence-electron chi connectivity index (χ0n) is 4.09. The van der Waals surface area contributed by atoms with Gasteiger partial charge in [-0.3, -0.25) is 12.9 Å². The van der Waals surface area contributed by atoms with Crippen LogP contribution in [0.5, 0.6) is 0 Å². The third-order valence-corrected chi connectivity index (χ3v) is 0. The third-order valence-electron chi connectivity index (χ3n) is 0. The maximum Gasteiger partial charge on any atom is 3.00 e. The van der Waals surface area contributed by atoms with E-state index in [1.807, 2.05) is 0 Å². The number of halogens is 3. The van der Waals surface area contributed by atoms with Gasteiger partial charge in [0.05, 0.1) is 0 Å². The standard InChI is InChI=1S/2Al.BF3.3O/c;;2-1(3)4;;;/q2*+3;;3*-2. The van der Waals surface area contributed by atoms with Crippen LogP contribution in [0, 0.1) is 0 Å². The van der Waals surface area contributed by atoms with Gasteiger partial charge in [-0.1, -0.05) is 0 Å². The Morgan fingerprint density at radius 3 is 0.667 bits per heavy atom. The van der Waals surface area contributed by atoms with Crippen molar-refractivity contribution < 1.29 is 29.4 Å². The van der Waals surface area contributed by atoms with E-state index >= 15 is 0 Å². The summed E-state index contributed by atoms with van der Waals surface area (Å²) in [5.74, 6) is 0. The summed E-state index contributed by atoms with van der Waals surface area (Å²) in [6.45, 7) is 0. The van der Waals surface area contributed by atoms with Gasteiger partial charge in [0, 0.05) is 0 Å². The van der Waals surface area contributed by atoms with Gasteiger partial charge in [0.1, 0.15) is 0 Å². The molecule has 0 aromatic heterocycles. The van der Waals surface area contributed by atoms with Crippen molar-refractivity contribution in [2.24, 2.45) is 0 Å². The first kappa shape index (κ1) is 52.6. The molecular formula is Al2BF3O3. The Hall–Kier alpha value is 0.800. The summed E-state index contributed by atoms with van der Waals surface area (Å²) >= 11 is 0. The van der Waals surface area contributed by atoms with Crippen LogP contribution < -0.4 is 0 Å². The van der Waals surface area contributed by atoms with Crippen LogP contribution >= 0.6 is 0 Å². The van der Waals surface area contributed by atoms with Gasteiger partial charge in [-0.15, -0.1) is 0 Å². The predicted octanol–water partition coefficient (Wildman–Crippen LogP) is -0.238. The molecule has 9 heavy (non-hydrogen) atoms. The quantitative estimate of drug-likeness (QED) is 0.449. The second-order valence-corrected chi connectivity index (χ2v) is 0.247. The van der Waals surface area contributed by atoms with Crippen molar-refractivity contribution in [1.29, 1.82) is 0 Å². The van der Waals surface area contributed by atoms with Gasteiger partial charge >= 0.3 is 42.3 Å². The fraction of sp³-hybridized carbons (Fsp3) is 0. The topological polar surface area (TPSA) is 85.5 Å². The molecule has 0 bridgehead atoms. The van der Waals surface area contributed by atoms with E-state index in [-0.39, 0.29) is 51.2 Å². The van der Waals surface area contributed by atoms with E-state index < -0.39 is 7.54 Å². The molecule has 0 radical (unpaired) electrons. The van der Waals surface area contributed by atoms with Crippen molar-refractivity contribution in [2.45, 2.75) is 0 Å². The molecule has 0 N–H and O–H groups in total. The van der Waals surface area contributed by atoms with Crippen LogP contribution in [0.4, 0.5) is 12.9 Å². The fourth-order valence-electron chi connectivity index (χ4n) is 0. The van der Waals surface area contributed by atoms with Gasteiger partial charge in [0.2, 0.25) is 0 Å². The first-order valence-electron chi connectivity index (χ1n) is 0.655. The molecule has 0 fully saturated rings. The maximum absolute atomic E-state index is 9.67. The molecule has 0 aromatic rings. The van der Waals surface area contributed by atoms with Crippen molar-refractivity contribution in [3.63, 3.8) is 0 Å². The molecule has 0 saturated heterocycles. The summed E-state index contributed by atoms with van der Waals surface area (Å²) in [6.07, 6.45) is 0. The van der Waals surface area contributed by atoms with Crippen LogP contribution in [0.3, 0.4) is 0 Å². The van der Waals surface area contributed by atoms with Crippen LogP contribution in [-0.4, -0.2) is 42.3 Å². The van der Waals surface area contributed by atoms with E-state index in [4.69, 9.17) is 0 Å². The summed E-state index contributed by atoms with van der Waals surface area (Å²) in [6, 6.07) is 0. The minimum Gasteiger partial charge on any atom is -2.00 e. The molecule has 0 spiro atoms. The van der Waals surface area contributed by atoms with Crippen molar-refractivity contribution in [3.8, 4) is 0 Å². The monoisotopic (exact) mass is 170 g/mol. The van der Waals surface area contributed by atoms with Crippen molar-refractivity contribution in [3.05, 3.63) is 0 Å². The van der Waals surface area contributed by atoms with Crippen molar-refractivity contribution in [2.75, 3.05) is 0 Å². The molecule has 9 heteroatoms.